The van der Waals surface area contributed by atoms with Crippen molar-refractivity contribution in [2.24, 2.45) is 0 Å². The molecule has 1 aliphatic heterocycles. The summed E-state index contributed by atoms with van der Waals surface area (Å²) in [5.74, 6) is 0. The van der Waals surface area contributed by atoms with Gasteiger partial charge >= 0.3 is 0 Å². The SMILES string of the molecule is N#CCCc1cccc2c1NCC2. The Kier molecular flexibility index (Phi) is 2.18. The van der Waals surface area contributed by atoms with Crippen LogP contribution in [-0.2, 0) is 12.8 Å². The Balaban J connectivity index is 2.26. The number of nitrogens with one attached hydrogen (secondary N) is 1. The van der Waals surface area contributed by atoms with Gasteiger partial charge in [0.1, 0.15) is 0 Å². The highest BCUT2D eigenvalue weighted by molar-refractivity contribution is 5.61. The van der Waals surface area contributed by atoms with E-state index < -0.39 is 0 Å². The maximum Gasteiger partial charge on any atom is 0.0625 e. The molecule has 66 valence electrons. The van der Waals surface area contributed by atoms with Gasteiger partial charge < -0.3 is 5.32 Å². The fraction of sp³-hybridized carbons (Fsp3) is 0.364. The molecule has 0 saturated carbocycles. The van der Waals surface area contributed by atoms with Crippen molar-refractivity contribution < 1.29 is 0 Å². The standard InChI is InChI=1S/C11H12N2/c12-7-2-5-9-3-1-4-10-6-8-13-11(9)10/h1,3-4,13H,2,5-6,8H2. The Hall–Kier alpha value is -1.49. The van der Waals surface area contributed by atoms with Crippen LogP contribution in [0.5, 0.6) is 0 Å². The highest BCUT2D eigenvalue weighted by Crippen LogP contribution is 2.26. The lowest BCUT2D eigenvalue weighted by molar-refractivity contribution is 1.01. The first-order chi connectivity index (χ1) is 6.42. The Bertz CT molecular complexity index is 350. The number of hydrogen-bond acceptors (Lipinski definition) is 2. The average molecular weight is 172 g/mol. The van der Waals surface area contributed by atoms with Gasteiger partial charge in [-0.05, 0) is 24.0 Å². The molecule has 0 aliphatic carbocycles. The fourth-order valence-electron chi connectivity index (χ4n) is 1.81. The van der Waals surface area contributed by atoms with Gasteiger partial charge in [-0.1, -0.05) is 18.2 Å². The van der Waals surface area contributed by atoms with Gasteiger partial charge in [-0.15, -0.1) is 0 Å². The van der Waals surface area contributed by atoms with Gasteiger partial charge in [-0.2, -0.15) is 5.26 Å². The summed E-state index contributed by atoms with van der Waals surface area (Å²) >= 11 is 0. The van der Waals surface area contributed by atoms with Crippen molar-refractivity contribution in [2.75, 3.05) is 11.9 Å². The van der Waals surface area contributed by atoms with E-state index in [1.807, 2.05) is 0 Å². The number of fused-ring (bicyclic) bond motifs is 1. The normalized spacial score (nSPS) is 13.2. The summed E-state index contributed by atoms with van der Waals surface area (Å²) < 4.78 is 0. The van der Waals surface area contributed by atoms with Crippen LogP contribution in [0.3, 0.4) is 0 Å². The van der Waals surface area contributed by atoms with E-state index in [2.05, 4.69) is 29.6 Å². The second-order valence-electron chi connectivity index (χ2n) is 3.29. The van der Waals surface area contributed by atoms with Crippen molar-refractivity contribution in [3.63, 3.8) is 0 Å². The summed E-state index contributed by atoms with van der Waals surface area (Å²) in [7, 11) is 0. The molecule has 1 aliphatic rings. The first-order valence-corrected chi connectivity index (χ1v) is 4.63. The molecule has 0 amide bonds. The summed E-state index contributed by atoms with van der Waals surface area (Å²) in [5, 5.41) is 11.9. The highest BCUT2D eigenvalue weighted by atomic mass is 14.9. The van der Waals surface area contributed by atoms with Gasteiger partial charge in [-0.25, -0.2) is 0 Å². The predicted molar refractivity (Wildman–Crippen MR) is 52.6 cm³/mol. The zero-order valence-electron chi connectivity index (χ0n) is 7.51. The van der Waals surface area contributed by atoms with E-state index in [9.17, 15) is 0 Å². The van der Waals surface area contributed by atoms with Crippen molar-refractivity contribution in [1.82, 2.24) is 0 Å². The molecule has 0 radical (unpaired) electrons. The van der Waals surface area contributed by atoms with Crippen molar-refractivity contribution in [3.05, 3.63) is 29.3 Å². The Morgan fingerprint density at radius 1 is 1.46 bits per heavy atom. The molecular weight excluding hydrogens is 160 g/mol. The third kappa shape index (κ3) is 1.50. The van der Waals surface area contributed by atoms with Gasteiger partial charge in [0.25, 0.3) is 0 Å². The molecule has 1 aromatic rings. The molecule has 1 N–H and O–H groups in total. The molecule has 1 heterocycles. The van der Waals surface area contributed by atoms with E-state index in [0.717, 1.165) is 19.4 Å². The highest BCUT2D eigenvalue weighted by Gasteiger charge is 2.12. The summed E-state index contributed by atoms with van der Waals surface area (Å²) in [4.78, 5) is 0. The van der Waals surface area contributed by atoms with Gasteiger partial charge in [0.15, 0.2) is 0 Å². The van der Waals surface area contributed by atoms with Gasteiger partial charge in [-0.3, -0.25) is 0 Å². The fourth-order valence-corrected chi connectivity index (χ4v) is 1.81. The van der Waals surface area contributed by atoms with Gasteiger partial charge in [0, 0.05) is 18.7 Å². The van der Waals surface area contributed by atoms with Crippen LogP contribution in [0.25, 0.3) is 0 Å². The lowest BCUT2D eigenvalue weighted by atomic mass is 10.0. The van der Waals surface area contributed by atoms with E-state index in [1.165, 1.54) is 16.8 Å². The van der Waals surface area contributed by atoms with Crippen LogP contribution in [0.4, 0.5) is 5.69 Å². The van der Waals surface area contributed by atoms with Gasteiger partial charge in [0.2, 0.25) is 0 Å². The molecule has 0 aromatic heterocycles. The average Bonchev–Trinajstić information content (AvgIpc) is 2.62. The van der Waals surface area contributed by atoms with Crippen LogP contribution in [0.2, 0.25) is 0 Å². The van der Waals surface area contributed by atoms with Crippen molar-refractivity contribution in [3.8, 4) is 6.07 Å². The van der Waals surface area contributed by atoms with Crippen LogP contribution >= 0.6 is 0 Å². The summed E-state index contributed by atoms with van der Waals surface area (Å²) in [6.07, 6.45) is 2.60. The molecule has 2 heteroatoms. The Labute approximate surface area is 78.2 Å². The Morgan fingerprint density at radius 2 is 2.38 bits per heavy atom. The molecule has 2 rings (SSSR count). The predicted octanol–water partition coefficient (Wildman–Crippen LogP) is 2.11. The van der Waals surface area contributed by atoms with Crippen LogP contribution in [0, 0.1) is 11.3 Å². The summed E-state index contributed by atoms with van der Waals surface area (Å²) in [5.41, 5.74) is 3.96. The molecule has 0 fully saturated rings. The van der Waals surface area contributed by atoms with E-state index in [1.54, 1.807) is 0 Å². The minimum absolute atomic E-state index is 0.609. The van der Waals surface area contributed by atoms with E-state index in [4.69, 9.17) is 5.26 Å². The number of nitriles is 1. The number of nitrogens with zero attached hydrogens (tertiary/aromatic N) is 1. The van der Waals surface area contributed by atoms with Crippen LogP contribution in [-0.4, -0.2) is 6.54 Å². The number of para-hydroxylation sites is 1. The lowest BCUT2D eigenvalue weighted by Gasteiger charge is -2.06. The van der Waals surface area contributed by atoms with E-state index in [0.29, 0.717) is 6.42 Å². The molecule has 0 bridgehead atoms. The Morgan fingerprint density at radius 3 is 3.23 bits per heavy atom. The second-order valence-corrected chi connectivity index (χ2v) is 3.29. The van der Waals surface area contributed by atoms with Crippen LogP contribution < -0.4 is 5.32 Å². The molecule has 0 saturated heterocycles. The smallest absolute Gasteiger partial charge is 0.0625 e. The quantitative estimate of drug-likeness (QED) is 0.741. The topological polar surface area (TPSA) is 35.8 Å². The largest absolute Gasteiger partial charge is 0.384 e. The minimum atomic E-state index is 0.609. The number of anilines is 1. The zero-order chi connectivity index (χ0) is 9.10. The van der Waals surface area contributed by atoms with Crippen molar-refractivity contribution in [1.29, 1.82) is 5.26 Å². The molecule has 13 heavy (non-hydrogen) atoms. The third-order valence-corrected chi connectivity index (χ3v) is 2.44. The van der Waals surface area contributed by atoms with Crippen molar-refractivity contribution in [2.45, 2.75) is 19.3 Å². The first-order valence-electron chi connectivity index (χ1n) is 4.63. The number of rotatable bonds is 2. The molecular formula is C11H12N2. The molecule has 0 atom stereocenters. The molecule has 0 spiro atoms. The monoisotopic (exact) mass is 172 g/mol. The van der Waals surface area contributed by atoms with E-state index >= 15 is 0 Å². The number of hydrogen-bond donors (Lipinski definition) is 1. The number of benzene rings is 1. The molecule has 2 nitrogen and oxygen atoms in total. The molecule has 1 aromatic carbocycles. The zero-order valence-corrected chi connectivity index (χ0v) is 7.51. The first kappa shape index (κ1) is 8.12. The molecule has 0 unspecified atom stereocenters. The minimum Gasteiger partial charge on any atom is -0.384 e. The lowest BCUT2D eigenvalue weighted by Crippen LogP contribution is -1.95. The summed E-state index contributed by atoms with van der Waals surface area (Å²) in [6.45, 7) is 1.04. The third-order valence-electron chi connectivity index (χ3n) is 2.44. The number of aryl methyl sites for hydroxylation is 1. The maximum atomic E-state index is 8.51. The van der Waals surface area contributed by atoms with E-state index in [-0.39, 0.29) is 0 Å². The van der Waals surface area contributed by atoms with Crippen LogP contribution in [0.1, 0.15) is 17.5 Å². The maximum absolute atomic E-state index is 8.51. The summed E-state index contributed by atoms with van der Waals surface area (Å²) in [6, 6.07) is 8.53. The second kappa shape index (κ2) is 3.49. The van der Waals surface area contributed by atoms with Crippen molar-refractivity contribution >= 4 is 5.69 Å². The van der Waals surface area contributed by atoms with Gasteiger partial charge in [0.05, 0.1) is 6.07 Å². The van der Waals surface area contributed by atoms with Crippen LogP contribution in [0.15, 0.2) is 18.2 Å².